The van der Waals surface area contributed by atoms with Gasteiger partial charge in [0.1, 0.15) is 30.2 Å². The number of benzene rings is 2. The van der Waals surface area contributed by atoms with Crippen molar-refractivity contribution in [2.45, 2.75) is 122 Å². The number of hydrogen-bond acceptors (Lipinski definition) is 7. The third-order valence-electron chi connectivity index (χ3n) is 6.93. The molecule has 1 fully saturated rings. The summed E-state index contributed by atoms with van der Waals surface area (Å²) >= 11 is 6.77. The topological polar surface area (TPSA) is 75.6 Å². The number of halogens is 1. The van der Waals surface area contributed by atoms with Gasteiger partial charge in [0, 0.05) is 10.6 Å². The van der Waals surface area contributed by atoms with Gasteiger partial charge in [0.05, 0.1) is 13.2 Å². The minimum absolute atomic E-state index is 0.283. The molecule has 2 aromatic carbocycles. The van der Waals surface area contributed by atoms with Crippen LogP contribution in [0.3, 0.4) is 0 Å². The molecule has 7 nitrogen and oxygen atoms in total. The third-order valence-corrected chi connectivity index (χ3v) is 11.3. The summed E-state index contributed by atoms with van der Waals surface area (Å²) in [7, 11) is -8.46. The molecule has 1 N–H and O–H groups in total. The molecule has 1 heterocycles. The van der Waals surface area contributed by atoms with Crippen molar-refractivity contribution in [2.24, 2.45) is 0 Å². The minimum atomic E-state index is -2.25. The molecule has 0 amide bonds. The fourth-order valence-corrected chi connectivity index (χ4v) is 9.38. The highest BCUT2D eigenvalue weighted by Gasteiger charge is 2.59. The van der Waals surface area contributed by atoms with Gasteiger partial charge in [-0.3, -0.25) is 0 Å². The molecule has 1 unspecified atom stereocenters. The highest BCUT2D eigenvalue weighted by molar-refractivity contribution is 6.71. The van der Waals surface area contributed by atoms with E-state index in [2.05, 4.69) is 78.6 Å². The average Bonchev–Trinajstić information content (AvgIpc) is 2.87. The quantitative estimate of drug-likeness (QED) is 0.197. The zero-order valence-electron chi connectivity index (χ0n) is 29.7. The van der Waals surface area contributed by atoms with Crippen LogP contribution in [0.1, 0.15) is 23.6 Å². The van der Waals surface area contributed by atoms with E-state index in [0.29, 0.717) is 23.6 Å². The van der Waals surface area contributed by atoms with Gasteiger partial charge in [0.25, 0.3) is 0 Å². The largest absolute Gasteiger partial charge is 0.494 e. The molecule has 0 aromatic heterocycles. The van der Waals surface area contributed by atoms with E-state index in [1.165, 1.54) is 0 Å². The van der Waals surface area contributed by atoms with Crippen LogP contribution in [0.25, 0.3) is 0 Å². The second-order valence-electron chi connectivity index (χ2n) is 15.9. The molecule has 0 saturated carbocycles. The molecular formula is C33H57ClO7Si4. The Morgan fingerprint density at radius 1 is 0.756 bits per heavy atom. The molecule has 1 aliphatic heterocycles. The summed E-state index contributed by atoms with van der Waals surface area (Å²) in [4.78, 5) is 0. The van der Waals surface area contributed by atoms with Crippen LogP contribution in [-0.2, 0) is 34.6 Å². The summed E-state index contributed by atoms with van der Waals surface area (Å²) in [5, 5.41) is 13.5. The van der Waals surface area contributed by atoms with E-state index in [4.69, 9.17) is 38.8 Å². The molecule has 0 bridgehead atoms. The van der Waals surface area contributed by atoms with Gasteiger partial charge >= 0.3 is 0 Å². The molecule has 5 atom stereocenters. The predicted octanol–water partition coefficient (Wildman–Crippen LogP) is 8.39. The van der Waals surface area contributed by atoms with Crippen molar-refractivity contribution in [1.82, 2.24) is 0 Å². The molecule has 2 aromatic rings. The smallest absolute Gasteiger partial charge is 0.221 e. The summed E-state index contributed by atoms with van der Waals surface area (Å²) in [6.45, 7) is 28.6. The minimum Gasteiger partial charge on any atom is -0.494 e. The van der Waals surface area contributed by atoms with Crippen molar-refractivity contribution in [3.8, 4) is 5.75 Å². The Morgan fingerprint density at radius 3 is 1.82 bits per heavy atom. The summed E-state index contributed by atoms with van der Waals surface area (Å²) in [5.41, 5.74) is 2.53. The molecule has 1 saturated heterocycles. The zero-order valence-corrected chi connectivity index (χ0v) is 34.5. The van der Waals surface area contributed by atoms with Crippen LogP contribution in [0.15, 0.2) is 42.5 Å². The molecule has 45 heavy (non-hydrogen) atoms. The molecule has 3 rings (SSSR count). The second-order valence-corrected chi connectivity index (χ2v) is 34.2. The molecule has 0 spiro atoms. The third kappa shape index (κ3) is 11.7. The van der Waals surface area contributed by atoms with Gasteiger partial charge < -0.3 is 32.3 Å². The summed E-state index contributed by atoms with van der Waals surface area (Å²) < 4.78 is 39.6. The summed E-state index contributed by atoms with van der Waals surface area (Å²) in [5.74, 6) is -1.01. The highest BCUT2D eigenvalue weighted by Crippen LogP contribution is 2.44. The maximum Gasteiger partial charge on any atom is 0.221 e. The molecule has 254 valence electrons. The normalized spacial score (nSPS) is 25.0. The number of hydrogen-bond donors (Lipinski definition) is 1. The van der Waals surface area contributed by atoms with E-state index in [-0.39, 0.29) is 6.61 Å². The van der Waals surface area contributed by atoms with Crippen molar-refractivity contribution in [1.29, 1.82) is 0 Å². The van der Waals surface area contributed by atoms with Crippen LogP contribution >= 0.6 is 11.6 Å². The van der Waals surface area contributed by atoms with Crippen LogP contribution in [-0.4, -0.2) is 76.0 Å². The second kappa shape index (κ2) is 14.7. The van der Waals surface area contributed by atoms with Crippen LogP contribution < -0.4 is 4.74 Å². The maximum absolute atomic E-state index is 12.9. The molecule has 0 radical (unpaired) electrons. The van der Waals surface area contributed by atoms with Gasteiger partial charge in [-0.05, 0) is 127 Å². The van der Waals surface area contributed by atoms with Crippen LogP contribution in [0.5, 0.6) is 5.75 Å². The Kier molecular flexibility index (Phi) is 12.6. The SMILES string of the molecule is CCOc1ccc(Cc2cc(C3(O)O[C@H](CO[Si](C)(C)C)[C@H](O[Si](C)(C)C)[C@H](O[Si](C)(C)C)[C@H]3O[Si](C)(C)C)ccc2Cl)cc1. The van der Waals surface area contributed by atoms with Gasteiger partial charge in [0.15, 0.2) is 33.3 Å². The molecular weight excluding hydrogens is 656 g/mol. The fourth-order valence-electron chi connectivity index (χ4n) is 5.30. The standard InChI is InChI=1S/C33H57ClO7Si4/c1-14-36-27-18-15-24(16-19-27)21-25-22-26(17-20-28(25)34)33(35)32(41-45(11,12)13)31(40-44(8,9)10)30(39-43(5,6)7)29(38-33)23-37-42(2,3)4/h15-20,22,29-32,35H,14,21,23H2,1-13H3/t29-,30+,31+,32-,33?/m1/s1. The van der Waals surface area contributed by atoms with Crippen molar-refractivity contribution < 1.29 is 32.3 Å². The Balaban J connectivity index is 2.18. The predicted molar refractivity (Wildman–Crippen MR) is 195 cm³/mol. The van der Waals surface area contributed by atoms with Gasteiger partial charge in [-0.25, -0.2) is 0 Å². The van der Waals surface area contributed by atoms with Gasteiger partial charge in [0.2, 0.25) is 5.79 Å². The lowest BCUT2D eigenvalue weighted by Gasteiger charge is -2.54. The fraction of sp³-hybridized carbons (Fsp3) is 0.636. The van der Waals surface area contributed by atoms with Gasteiger partial charge in [-0.15, -0.1) is 0 Å². The monoisotopic (exact) mass is 712 g/mol. The van der Waals surface area contributed by atoms with Crippen LogP contribution in [0.4, 0.5) is 0 Å². The maximum atomic E-state index is 12.9. The first-order valence-corrected chi connectivity index (χ1v) is 30.1. The van der Waals surface area contributed by atoms with Crippen molar-refractivity contribution in [2.75, 3.05) is 13.2 Å². The van der Waals surface area contributed by atoms with Gasteiger partial charge in [-0.1, -0.05) is 29.8 Å². The Labute approximate surface area is 281 Å². The van der Waals surface area contributed by atoms with E-state index in [0.717, 1.165) is 16.9 Å². The summed E-state index contributed by atoms with van der Waals surface area (Å²) in [6, 6.07) is 13.6. The molecule has 0 aliphatic carbocycles. The average molecular weight is 714 g/mol. The Bertz CT molecular complexity index is 1250. The first-order valence-electron chi connectivity index (χ1n) is 16.1. The lowest BCUT2D eigenvalue weighted by molar-refractivity contribution is -0.348. The first kappa shape index (κ1) is 38.6. The lowest BCUT2D eigenvalue weighted by Crippen LogP contribution is -2.69. The highest BCUT2D eigenvalue weighted by atomic mass is 35.5. The van der Waals surface area contributed by atoms with E-state index in [9.17, 15) is 5.11 Å². The van der Waals surface area contributed by atoms with Crippen molar-refractivity contribution in [3.05, 3.63) is 64.2 Å². The van der Waals surface area contributed by atoms with E-state index in [1.54, 1.807) is 0 Å². The molecule has 1 aliphatic rings. The Hall–Kier alpha value is -0.842. The number of aliphatic hydroxyl groups is 1. The Morgan fingerprint density at radius 2 is 1.31 bits per heavy atom. The zero-order chi connectivity index (χ0) is 34.0. The van der Waals surface area contributed by atoms with E-state index >= 15 is 0 Å². The van der Waals surface area contributed by atoms with Crippen LogP contribution in [0.2, 0.25) is 83.6 Å². The van der Waals surface area contributed by atoms with E-state index in [1.807, 2.05) is 49.4 Å². The van der Waals surface area contributed by atoms with Crippen molar-refractivity contribution in [3.63, 3.8) is 0 Å². The summed E-state index contributed by atoms with van der Waals surface area (Å²) in [6.07, 6.45) is -1.89. The number of ether oxygens (including phenoxy) is 2. The first-order chi connectivity index (χ1) is 20.5. The number of rotatable bonds is 14. The lowest BCUT2D eigenvalue weighted by atomic mass is 9.87. The molecule has 12 heteroatoms. The van der Waals surface area contributed by atoms with Crippen LogP contribution in [0, 0.1) is 0 Å². The van der Waals surface area contributed by atoms with Crippen molar-refractivity contribution >= 4 is 44.9 Å². The van der Waals surface area contributed by atoms with Gasteiger partial charge in [-0.2, -0.15) is 0 Å². The van der Waals surface area contributed by atoms with E-state index < -0.39 is 63.5 Å².